The van der Waals surface area contributed by atoms with Crippen LogP contribution in [0.2, 0.25) is 5.02 Å². The molecule has 0 saturated carbocycles. The molecule has 4 nitrogen and oxygen atoms in total. The third-order valence-corrected chi connectivity index (χ3v) is 5.59. The molecule has 0 unspecified atom stereocenters. The van der Waals surface area contributed by atoms with E-state index in [0.717, 1.165) is 35.0 Å². The highest BCUT2D eigenvalue weighted by Gasteiger charge is 2.26. The van der Waals surface area contributed by atoms with Crippen LogP contribution in [-0.2, 0) is 13.0 Å². The number of rotatable bonds is 3. The second-order valence-electron chi connectivity index (χ2n) is 7.60. The van der Waals surface area contributed by atoms with Crippen molar-refractivity contribution in [3.05, 3.63) is 67.5 Å². The predicted molar refractivity (Wildman–Crippen MR) is 114 cm³/mol. The van der Waals surface area contributed by atoms with E-state index >= 15 is 0 Å². The molecule has 0 radical (unpaired) electrons. The SMILES string of the molecule is CCCc1cc(=O)oc2c3c(c(Cl)cc12)OCN(c1c(C)cc(C)cc1C)C3. The Morgan fingerprint density at radius 1 is 1.11 bits per heavy atom. The highest BCUT2D eigenvalue weighted by molar-refractivity contribution is 6.33. The van der Waals surface area contributed by atoms with Crippen molar-refractivity contribution >= 4 is 28.3 Å². The zero-order valence-corrected chi connectivity index (χ0v) is 17.4. The third-order valence-electron chi connectivity index (χ3n) is 5.31. The van der Waals surface area contributed by atoms with Gasteiger partial charge in [0, 0.05) is 17.1 Å². The van der Waals surface area contributed by atoms with Crippen LogP contribution in [0.25, 0.3) is 11.0 Å². The van der Waals surface area contributed by atoms with E-state index in [2.05, 4.69) is 44.7 Å². The maximum Gasteiger partial charge on any atom is 0.336 e. The molecule has 5 heteroatoms. The van der Waals surface area contributed by atoms with Gasteiger partial charge in [-0.1, -0.05) is 42.6 Å². The summed E-state index contributed by atoms with van der Waals surface area (Å²) in [5.41, 5.74) is 6.84. The molecule has 0 fully saturated rings. The summed E-state index contributed by atoms with van der Waals surface area (Å²) in [6.45, 7) is 9.40. The smallest absolute Gasteiger partial charge is 0.336 e. The minimum absolute atomic E-state index is 0.333. The Hall–Kier alpha value is -2.46. The minimum atomic E-state index is -0.333. The molecule has 1 aliphatic rings. The van der Waals surface area contributed by atoms with Gasteiger partial charge in [0.2, 0.25) is 0 Å². The van der Waals surface area contributed by atoms with E-state index in [1.807, 2.05) is 6.07 Å². The van der Waals surface area contributed by atoms with Crippen LogP contribution < -0.4 is 15.3 Å². The second-order valence-corrected chi connectivity index (χ2v) is 8.01. The summed E-state index contributed by atoms with van der Waals surface area (Å²) >= 11 is 6.55. The molecule has 2 heterocycles. The molecule has 146 valence electrons. The van der Waals surface area contributed by atoms with E-state index in [1.54, 1.807) is 6.07 Å². The number of nitrogens with zero attached hydrogens (tertiary/aromatic N) is 1. The molecule has 1 aromatic heterocycles. The van der Waals surface area contributed by atoms with Crippen LogP contribution in [0, 0.1) is 20.8 Å². The quantitative estimate of drug-likeness (QED) is 0.533. The Bertz CT molecular complexity index is 1110. The van der Waals surface area contributed by atoms with Gasteiger partial charge in [0.05, 0.1) is 17.1 Å². The first-order valence-corrected chi connectivity index (χ1v) is 10.0. The molecule has 0 N–H and O–H groups in total. The van der Waals surface area contributed by atoms with Gasteiger partial charge in [0.25, 0.3) is 0 Å². The Balaban J connectivity index is 1.89. The lowest BCUT2D eigenvalue weighted by Crippen LogP contribution is -2.33. The van der Waals surface area contributed by atoms with Gasteiger partial charge in [0.1, 0.15) is 11.3 Å². The number of halogens is 1. The Kier molecular flexibility index (Phi) is 4.84. The number of benzene rings is 2. The van der Waals surface area contributed by atoms with Crippen molar-refractivity contribution < 1.29 is 9.15 Å². The number of hydrogen-bond acceptors (Lipinski definition) is 4. The zero-order chi connectivity index (χ0) is 20.0. The largest absolute Gasteiger partial charge is 0.471 e. The standard InChI is InChI=1S/C23H24ClNO3/c1-5-6-16-9-20(26)28-22-17(16)10-19(24)23-18(22)11-25(12-27-23)21-14(3)7-13(2)8-15(21)4/h7-10H,5-6,11-12H2,1-4H3. The molecule has 0 atom stereocenters. The van der Waals surface area contributed by atoms with Crippen molar-refractivity contribution in [1.82, 2.24) is 0 Å². The van der Waals surface area contributed by atoms with Crippen molar-refractivity contribution in [2.24, 2.45) is 0 Å². The van der Waals surface area contributed by atoms with Gasteiger partial charge in [-0.15, -0.1) is 0 Å². The predicted octanol–water partition coefficient (Wildman–Crippen LogP) is 5.68. The maximum absolute atomic E-state index is 12.2. The molecular formula is C23H24ClNO3. The van der Waals surface area contributed by atoms with E-state index < -0.39 is 0 Å². The molecule has 4 rings (SSSR count). The fourth-order valence-corrected chi connectivity index (χ4v) is 4.62. The van der Waals surface area contributed by atoms with Gasteiger partial charge < -0.3 is 14.1 Å². The molecule has 0 aliphatic carbocycles. The number of aryl methyl sites for hydroxylation is 4. The van der Waals surface area contributed by atoms with Crippen LogP contribution in [0.3, 0.4) is 0 Å². The van der Waals surface area contributed by atoms with Gasteiger partial charge in [-0.2, -0.15) is 0 Å². The number of hydrogen-bond donors (Lipinski definition) is 0. The van der Waals surface area contributed by atoms with Gasteiger partial charge in [-0.3, -0.25) is 0 Å². The fraction of sp³-hybridized carbons (Fsp3) is 0.348. The number of ether oxygens (including phenoxy) is 1. The van der Waals surface area contributed by atoms with Crippen molar-refractivity contribution in [2.75, 3.05) is 11.6 Å². The van der Waals surface area contributed by atoms with Gasteiger partial charge in [0.15, 0.2) is 6.73 Å². The Morgan fingerprint density at radius 3 is 2.50 bits per heavy atom. The van der Waals surface area contributed by atoms with Crippen LogP contribution >= 0.6 is 11.6 Å². The molecule has 3 aromatic rings. The molecular weight excluding hydrogens is 374 g/mol. The summed E-state index contributed by atoms with van der Waals surface area (Å²) in [5.74, 6) is 0.615. The zero-order valence-electron chi connectivity index (χ0n) is 16.7. The van der Waals surface area contributed by atoms with E-state index in [0.29, 0.717) is 29.6 Å². The van der Waals surface area contributed by atoms with Crippen LogP contribution in [0.5, 0.6) is 5.75 Å². The number of fused-ring (bicyclic) bond motifs is 3. The first-order chi connectivity index (χ1) is 13.4. The van der Waals surface area contributed by atoms with E-state index in [1.165, 1.54) is 16.7 Å². The molecule has 28 heavy (non-hydrogen) atoms. The average molecular weight is 398 g/mol. The summed E-state index contributed by atoms with van der Waals surface area (Å²) < 4.78 is 11.7. The lowest BCUT2D eigenvalue weighted by atomic mass is 10.00. The first-order valence-electron chi connectivity index (χ1n) is 9.62. The Labute approximate surface area is 169 Å². The van der Waals surface area contributed by atoms with Crippen LogP contribution in [0.4, 0.5) is 5.69 Å². The summed E-state index contributed by atoms with van der Waals surface area (Å²) in [7, 11) is 0. The average Bonchev–Trinajstić information content (AvgIpc) is 2.62. The fourth-order valence-electron chi connectivity index (χ4n) is 4.34. The molecule has 0 bridgehead atoms. The monoisotopic (exact) mass is 397 g/mol. The second kappa shape index (κ2) is 7.17. The van der Waals surface area contributed by atoms with Crippen LogP contribution in [0.1, 0.15) is 41.2 Å². The molecule has 0 saturated heterocycles. The summed E-state index contributed by atoms with van der Waals surface area (Å²) in [6.07, 6.45) is 1.75. The van der Waals surface area contributed by atoms with Crippen molar-refractivity contribution in [2.45, 2.75) is 47.1 Å². The topological polar surface area (TPSA) is 42.7 Å². The van der Waals surface area contributed by atoms with Crippen molar-refractivity contribution in [1.29, 1.82) is 0 Å². The summed E-state index contributed by atoms with van der Waals surface area (Å²) in [5, 5.41) is 1.46. The highest BCUT2D eigenvalue weighted by Crippen LogP contribution is 2.41. The third kappa shape index (κ3) is 3.16. The highest BCUT2D eigenvalue weighted by atomic mass is 35.5. The van der Waals surface area contributed by atoms with E-state index in [9.17, 15) is 4.79 Å². The van der Waals surface area contributed by atoms with E-state index in [4.69, 9.17) is 20.8 Å². The normalized spacial score (nSPS) is 13.5. The minimum Gasteiger partial charge on any atom is -0.471 e. The van der Waals surface area contributed by atoms with Crippen molar-refractivity contribution in [3.63, 3.8) is 0 Å². The maximum atomic E-state index is 12.2. The first kappa shape index (κ1) is 18.9. The van der Waals surface area contributed by atoms with E-state index in [-0.39, 0.29) is 5.63 Å². The molecule has 2 aromatic carbocycles. The lowest BCUT2D eigenvalue weighted by molar-refractivity contribution is 0.289. The number of anilines is 1. The summed E-state index contributed by atoms with van der Waals surface area (Å²) in [4.78, 5) is 14.4. The van der Waals surface area contributed by atoms with Crippen LogP contribution in [0.15, 0.2) is 33.5 Å². The van der Waals surface area contributed by atoms with Crippen molar-refractivity contribution in [3.8, 4) is 5.75 Å². The summed E-state index contributed by atoms with van der Waals surface area (Å²) in [6, 6.07) is 7.78. The lowest BCUT2D eigenvalue weighted by Gasteiger charge is -2.33. The van der Waals surface area contributed by atoms with Gasteiger partial charge >= 0.3 is 5.63 Å². The molecule has 1 aliphatic heterocycles. The van der Waals surface area contributed by atoms with Crippen LogP contribution in [-0.4, -0.2) is 6.73 Å². The van der Waals surface area contributed by atoms with Gasteiger partial charge in [-0.05, 0) is 49.9 Å². The molecule has 0 spiro atoms. The molecule has 0 amide bonds. The van der Waals surface area contributed by atoms with Gasteiger partial charge in [-0.25, -0.2) is 4.79 Å². The Morgan fingerprint density at radius 2 is 1.82 bits per heavy atom.